The van der Waals surface area contributed by atoms with Crippen LogP contribution in [0.15, 0.2) is 0 Å². The zero-order valence-corrected chi connectivity index (χ0v) is 34.9. The highest BCUT2D eigenvalue weighted by molar-refractivity contribution is 4.72. The highest BCUT2D eigenvalue weighted by Gasteiger charge is 2.15. The average molecular weight is 686 g/mol. The predicted octanol–water partition coefficient (Wildman–Crippen LogP) is 1.06. The van der Waals surface area contributed by atoms with Crippen molar-refractivity contribution >= 4 is 0 Å². The second kappa shape index (κ2) is 30.2. The number of hydrogen-bond donors (Lipinski definition) is 0. The molecule has 11 nitrogen and oxygen atoms in total. The molecule has 0 aromatic heterocycles. The summed E-state index contributed by atoms with van der Waals surface area (Å²) in [7, 11) is 24.3. The third-order valence-corrected chi connectivity index (χ3v) is 9.32. The van der Waals surface area contributed by atoms with Crippen LogP contribution < -0.4 is 0 Å². The van der Waals surface area contributed by atoms with Crippen molar-refractivity contribution in [3.05, 3.63) is 0 Å². The van der Waals surface area contributed by atoms with Gasteiger partial charge in [0.25, 0.3) is 0 Å². The van der Waals surface area contributed by atoms with E-state index in [0.29, 0.717) is 0 Å². The van der Waals surface area contributed by atoms with Crippen molar-refractivity contribution in [2.75, 3.05) is 222 Å². The first-order chi connectivity index (χ1) is 22.7. The van der Waals surface area contributed by atoms with Gasteiger partial charge in [-0.3, -0.25) is 9.80 Å². The molecule has 0 aromatic rings. The van der Waals surface area contributed by atoms with Crippen LogP contribution in [0.3, 0.4) is 0 Å². The molecule has 0 unspecified atom stereocenters. The largest absolute Gasteiger partial charge is 0.308 e. The predicted molar refractivity (Wildman–Crippen MR) is 213 cm³/mol. The topological polar surface area (TPSA) is 35.6 Å². The molecule has 0 saturated carbocycles. The molecule has 0 rings (SSSR count). The standard InChI is InChI=1S/C37H87N11/c1-14-16-45(28-20-40(7)8)30-24-44(13)27-32-47(31-25-42(11)22-18-38(3)4)36-37-48(33-26-43(12)23-19-39(5)6)35-34-46(17-15-2)29-21-41(9)10/h14-37H2,1-13H3. The molecule has 0 fully saturated rings. The molecule has 0 radical (unpaired) electrons. The fraction of sp³-hybridized carbons (Fsp3) is 1.00. The molecule has 0 aliphatic heterocycles. The second-order valence-corrected chi connectivity index (χ2v) is 15.5. The van der Waals surface area contributed by atoms with Crippen LogP contribution in [0.5, 0.6) is 0 Å². The summed E-state index contributed by atoms with van der Waals surface area (Å²) in [5.74, 6) is 0. The van der Waals surface area contributed by atoms with Crippen molar-refractivity contribution in [3.63, 3.8) is 0 Å². The monoisotopic (exact) mass is 686 g/mol. The van der Waals surface area contributed by atoms with Gasteiger partial charge in [-0.05, 0) is 103 Å². The lowest BCUT2D eigenvalue weighted by Crippen LogP contribution is -2.46. The number of nitrogens with zero attached hydrogens (tertiary/aromatic N) is 11. The van der Waals surface area contributed by atoms with E-state index in [2.05, 4.69) is 145 Å². The zero-order valence-electron chi connectivity index (χ0n) is 34.9. The molecule has 0 aliphatic rings. The number of rotatable bonds is 34. The Kier molecular flexibility index (Phi) is 29.9. The molecular formula is C37H87N11. The van der Waals surface area contributed by atoms with E-state index in [4.69, 9.17) is 0 Å². The molecule has 0 saturated heterocycles. The highest BCUT2D eigenvalue weighted by atomic mass is 15.3. The summed E-state index contributed by atoms with van der Waals surface area (Å²) in [6.45, 7) is 29.6. The van der Waals surface area contributed by atoms with E-state index in [0.717, 1.165) is 131 Å². The molecule has 0 spiro atoms. The summed E-state index contributed by atoms with van der Waals surface area (Å²) in [5, 5.41) is 0. The molecule has 290 valence electrons. The minimum Gasteiger partial charge on any atom is -0.308 e. The molecule has 48 heavy (non-hydrogen) atoms. The summed E-state index contributed by atoms with van der Waals surface area (Å²) in [5.41, 5.74) is 0. The van der Waals surface area contributed by atoms with Gasteiger partial charge in [0.1, 0.15) is 0 Å². The van der Waals surface area contributed by atoms with Crippen molar-refractivity contribution in [2.24, 2.45) is 0 Å². The van der Waals surface area contributed by atoms with Crippen LogP contribution in [0.25, 0.3) is 0 Å². The third kappa shape index (κ3) is 29.3. The molecule has 0 aromatic carbocycles. The van der Waals surface area contributed by atoms with E-state index in [1.807, 2.05) is 0 Å². The van der Waals surface area contributed by atoms with Crippen LogP contribution in [0.2, 0.25) is 0 Å². The molecule has 0 bridgehead atoms. The van der Waals surface area contributed by atoms with Crippen molar-refractivity contribution in [1.82, 2.24) is 53.9 Å². The van der Waals surface area contributed by atoms with E-state index in [9.17, 15) is 0 Å². The van der Waals surface area contributed by atoms with E-state index in [-0.39, 0.29) is 0 Å². The Labute approximate surface area is 301 Å². The van der Waals surface area contributed by atoms with Crippen LogP contribution in [0.4, 0.5) is 0 Å². The number of hydrogen-bond acceptors (Lipinski definition) is 11. The van der Waals surface area contributed by atoms with Gasteiger partial charge in [0.2, 0.25) is 0 Å². The van der Waals surface area contributed by atoms with Gasteiger partial charge in [-0.15, -0.1) is 0 Å². The Balaban J connectivity index is 5.45. The van der Waals surface area contributed by atoms with Crippen LogP contribution >= 0.6 is 0 Å². The summed E-state index contributed by atoms with van der Waals surface area (Å²) >= 11 is 0. The Morgan fingerprint density at radius 3 is 0.604 bits per heavy atom. The molecule has 11 heteroatoms. The van der Waals surface area contributed by atoms with Gasteiger partial charge in [0.05, 0.1) is 0 Å². The molecule has 0 amide bonds. The van der Waals surface area contributed by atoms with Crippen LogP contribution in [0.1, 0.15) is 26.7 Å². The maximum Gasteiger partial charge on any atom is 0.0110 e. The average Bonchev–Trinajstić information content (AvgIpc) is 3.02. The molecule has 0 aliphatic carbocycles. The third-order valence-electron chi connectivity index (χ3n) is 9.32. The van der Waals surface area contributed by atoms with E-state index in [1.54, 1.807) is 0 Å². The fourth-order valence-corrected chi connectivity index (χ4v) is 5.55. The summed E-state index contributed by atoms with van der Waals surface area (Å²) < 4.78 is 0. The van der Waals surface area contributed by atoms with Gasteiger partial charge in [0.15, 0.2) is 0 Å². The minimum atomic E-state index is 1.11. The fourth-order valence-electron chi connectivity index (χ4n) is 5.55. The highest BCUT2D eigenvalue weighted by Crippen LogP contribution is 2.01. The van der Waals surface area contributed by atoms with Gasteiger partial charge in [-0.2, -0.15) is 0 Å². The van der Waals surface area contributed by atoms with Crippen molar-refractivity contribution in [2.45, 2.75) is 26.7 Å². The first kappa shape index (κ1) is 47.6. The Hall–Kier alpha value is -0.440. The van der Waals surface area contributed by atoms with Crippen LogP contribution in [-0.2, 0) is 0 Å². The Bertz CT molecular complexity index is 694. The van der Waals surface area contributed by atoms with Gasteiger partial charge < -0.3 is 44.1 Å². The van der Waals surface area contributed by atoms with Crippen LogP contribution in [0, 0.1) is 0 Å². The van der Waals surface area contributed by atoms with Gasteiger partial charge >= 0.3 is 0 Å². The lowest BCUT2D eigenvalue weighted by Gasteiger charge is -2.33. The Morgan fingerprint density at radius 1 is 0.208 bits per heavy atom. The zero-order chi connectivity index (χ0) is 36.3. The SMILES string of the molecule is CCCN(CCN(C)C)CCN(C)CCN(CCN(C)CCN(C)C)CCN(CCN(C)CCN(C)C)CCN(CCC)CCN(C)C. The summed E-state index contributed by atoms with van der Waals surface area (Å²) in [6, 6.07) is 0. The number of likely N-dealkylation sites (N-methyl/N-ethyl adjacent to an activating group) is 7. The maximum absolute atomic E-state index is 2.75. The summed E-state index contributed by atoms with van der Waals surface area (Å²) in [4.78, 5) is 27.6. The van der Waals surface area contributed by atoms with Crippen molar-refractivity contribution < 1.29 is 0 Å². The molecule has 0 atom stereocenters. The van der Waals surface area contributed by atoms with E-state index >= 15 is 0 Å². The van der Waals surface area contributed by atoms with Crippen molar-refractivity contribution in [1.29, 1.82) is 0 Å². The van der Waals surface area contributed by atoms with Crippen molar-refractivity contribution in [3.8, 4) is 0 Å². The quantitative estimate of drug-likeness (QED) is 0.0977. The smallest absolute Gasteiger partial charge is 0.0110 e. The van der Waals surface area contributed by atoms with E-state index < -0.39 is 0 Å². The molecule has 0 heterocycles. The Morgan fingerprint density at radius 2 is 0.375 bits per heavy atom. The maximum atomic E-state index is 2.75. The molecule has 0 N–H and O–H groups in total. The van der Waals surface area contributed by atoms with Crippen LogP contribution in [-0.4, -0.2) is 275 Å². The van der Waals surface area contributed by atoms with Gasteiger partial charge in [0, 0.05) is 131 Å². The first-order valence-corrected chi connectivity index (χ1v) is 19.3. The lowest BCUT2D eigenvalue weighted by molar-refractivity contribution is 0.140. The van der Waals surface area contributed by atoms with E-state index in [1.165, 1.54) is 25.9 Å². The summed E-state index contributed by atoms with van der Waals surface area (Å²) in [6.07, 6.45) is 2.44. The normalized spacial score (nSPS) is 13.0. The van der Waals surface area contributed by atoms with Gasteiger partial charge in [-0.1, -0.05) is 13.8 Å². The first-order valence-electron chi connectivity index (χ1n) is 19.3. The second-order valence-electron chi connectivity index (χ2n) is 15.5. The molecular weight excluding hydrogens is 598 g/mol. The van der Waals surface area contributed by atoms with Gasteiger partial charge in [-0.25, -0.2) is 0 Å². The lowest BCUT2D eigenvalue weighted by atomic mass is 10.3. The minimum absolute atomic E-state index is 1.11.